The number of methoxy groups -OCH3 is 2. The van der Waals surface area contributed by atoms with Crippen LogP contribution in [0.25, 0.3) is 0 Å². The van der Waals surface area contributed by atoms with E-state index in [2.05, 4.69) is 5.32 Å². The third kappa shape index (κ3) is 7.82. The highest BCUT2D eigenvalue weighted by molar-refractivity contribution is 7.92. The van der Waals surface area contributed by atoms with Crippen LogP contribution in [0.5, 0.6) is 11.5 Å². The number of carbonyl (C=O) groups is 2. The van der Waals surface area contributed by atoms with Crippen molar-refractivity contribution in [2.75, 3.05) is 25.1 Å². The van der Waals surface area contributed by atoms with Crippen LogP contribution in [0, 0.1) is 6.92 Å². The summed E-state index contributed by atoms with van der Waals surface area (Å²) in [4.78, 5) is 29.2. The molecule has 42 heavy (non-hydrogen) atoms. The van der Waals surface area contributed by atoms with Gasteiger partial charge in [-0.15, -0.1) is 0 Å². The summed E-state index contributed by atoms with van der Waals surface area (Å²) < 4.78 is 39.9. The van der Waals surface area contributed by atoms with Gasteiger partial charge in [0.2, 0.25) is 11.8 Å². The van der Waals surface area contributed by atoms with Crippen molar-refractivity contribution in [3.8, 4) is 11.5 Å². The van der Waals surface area contributed by atoms with Crippen LogP contribution in [0.1, 0.15) is 45.2 Å². The molecule has 0 saturated heterocycles. The van der Waals surface area contributed by atoms with Crippen molar-refractivity contribution in [3.05, 3.63) is 83.9 Å². The van der Waals surface area contributed by atoms with Gasteiger partial charge in [0, 0.05) is 12.1 Å². The average molecular weight is 596 g/mol. The maximum atomic E-state index is 14.3. The zero-order chi connectivity index (χ0) is 31.1. The van der Waals surface area contributed by atoms with E-state index in [1.54, 1.807) is 36.4 Å². The van der Waals surface area contributed by atoms with Gasteiger partial charge in [-0.05, 0) is 81.6 Å². The molecule has 3 aromatic rings. The maximum absolute atomic E-state index is 14.3. The minimum Gasteiger partial charge on any atom is -0.497 e. The summed E-state index contributed by atoms with van der Waals surface area (Å²) in [5.41, 5.74) is 1.49. The molecule has 1 N–H and O–H groups in total. The average Bonchev–Trinajstić information content (AvgIpc) is 2.95. The van der Waals surface area contributed by atoms with E-state index in [1.165, 1.54) is 31.3 Å². The Morgan fingerprint density at radius 1 is 0.905 bits per heavy atom. The standard InChI is InChI=1S/C32H41N3O6S/c1-8-27(31(37)33-32(3,4)5)34(21-24-14-10-9-13-23(24)2)30(36)22-35(28-15-11-12-16-29(28)41-7)42(38,39)26-19-17-25(40-6)18-20-26/h9-20,27H,8,21-22H2,1-7H3,(H,33,37)/t27-/m0/s1. The lowest BCUT2D eigenvalue weighted by molar-refractivity contribution is -0.141. The SMILES string of the molecule is CC[C@@H](C(=O)NC(C)(C)C)N(Cc1ccccc1C)C(=O)CN(c1ccccc1OC)S(=O)(=O)c1ccc(OC)cc1. The van der Waals surface area contributed by atoms with E-state index in [-0.39, 0.29) is 28.8 Å². The molecule has 3 rings (SSSR count). The van der Waals surface area contributed by atoms with E-state index >= 15 is 0 Å². The van der Waals surface area contributed by atoms with Crippen molar-refractivity contribution in [2.45, 2.75) is 64.1 Å². The summed E-state index contributed by atoms with van der Waals surface area (Å²) in [5.74, 6) is -0.0646. The van der Waals surface area contributed by atoms with E-state index in [4.69, 9.17) is 9.47 Å². The number of hydrogen-bond donors (Lipinski definition) is 1. The van der Waals surface area contributed by atoms with Crippen LogP contribution in [0.15, 0.2) is 77.7 Å². The van der Waals surface area contributed by atoms with Gasteiger partial charge in [0.25, 0.3) is 10.0 Å². The summed E-state index contributed by atoms with van der Waals surface area (Å²) in [6.45, 7) is 8.95. The molecule has 0 aromatic heterocycles. The second-order valence-electron chi connectivity index (χ2n) is 11.0. The molecule has 0 saturated carbocycles. The highest BCUT2D eigenvalue weighted by Gasteiger charge is 2.35. The second-order valence-corrected chi connectivity index (χ2v) is 12.8. The quantitative estimate of drug-likeness (QED) is 0.318. The van der Waals surface area contributed by atoms with Crippen molar-refractivity contribution in [2.24, 2.45) is 0 Å². The van der Waals surface area contributed by atoms with Crippen molar-refractivity contribution in [1.82, 2.24) is 10.2 Å². The van der Waals surface area contributed by atoms with Gasteiger partial charge in [-0.25, -0.2) is 8.42 Å². The second kappa shape index (κ2) is 13.7. The van der Waals surface area contributed by atoms with Crippen LogP contribution >= 0.6 is 0 Å². The molecule has 9 nitrogen and oxygen atoms in total. The Balaban J connectivity index is 2.12. The number of anilines is 1. The fraction of sp³-hybridized carbons (Fsp3) is 0.375. The van der Waals surface area contributed by atoms with Crippen molar-refractivity contribution < 1.29 is 27.5 Å². The fourth-order valence-corrected chi connectivity index (χ4v) is 5.99. The molecule has 0 aliphatic rings. The first kappa shape index (κ1) is 32.5. The van der Waals surface area contributed by atoms with Crippen LogP contribution in [0.4, 0.5) is 5.69 Å². The van der Waals surface area contributed by atoms with Gasteiger partial charge in [0.15, 0.2) is 0 Å². The minimum atomic E-state index is -4.25. The van der Waals surface area contributed by atoms with E-state index in [0.29, 0.717) is 12.2 Å². The number of ether oxygens (including phenoxy) is 2. The number of nitrogens with one attached hydrogen (secondary N) is 1. The molecule has 1 atom stereocenters. The molecule has 0 aliphatic carbocycles. The molecule has 10 heteroatoms. The molecule has 0 unspecified atom stereocenters. The molecule has 2 amide bonds. The van der Waals surface area contributed by atoms with Gasteiger partial charge in [-0.3, -0.25) is 13.9 Å². The fourth-order valence-electron chi connectivity index (χ4n) is 4.57. The van der Waals surface area contributed by atoms with E-state index in [1.807, 2.05) is 58.9 Å². The lowest BCUT2D eigenvalue weighted by Crippen LogP contribution is -2.55. The van der Waals surface area contributed by atoms with E-state index in [0.717, 1.165) is 15.4 Å². The largest absolute Gasteiger partial charge is 0.497 e. The Labute approximate surface area is 249 Å². The highest BCUT2D eigenvalue weighted by atomic mass is 32.2. The number of para-hydroxylation sites is 2. The van der Waals surface area contributed by atoms with Gasteiger partial charge >= 0.3 is 0 Å². The number of hydrogen-bond acceptors (Lipinski definition) is 6. The Morgan fingerprint density at radius 2 is 1.52 bits per heavy atom. The predicted molar refractivity (Wildman–Crippen MR) is 164 cm³/mol. The summed E-state index contributed by atoms with van der Waals surface area (Å²) >= 11 is 0. The normalized spacial score (nSPS) is 12.3. The Kier molecular flexibility index (Phi) is 10.6. The zero-order valence-electron chi connectivity index (χ0n) is 25.4. The molecule has 226 valence electrons. The van der Waals surface area contributed by atoms with Crippen molar-refractivity contribution in [1.29, 1.82) is 0 Å². The van der Waals surface area contributed by atoms with Crippen LogP contribution in [0.3, 0.4) is 0 Å². The third-order valence-corrected chi connectivity index (χ3v) is 8.54. The topological polar surface area (TPSA) is 105 Å². The third-order valence-electron chi connectivity index (χ3n) is 6.77. The molecule has 3 aromatic carbocycles. The Bertz CT molecular complexity index is 1480. The summed E-state index contributed by atoms with van der Waals surface area (Å²) in [6, 6.07) is 19.3. The van der Waals surface area contributed by atoms with Gasteiger partial charge < -0.3 is 19.7 Å². The van der Waals surface area contributed by atoms with E-state index < -0.39 is 34.1 Å². The first-order valence-corrected chi connectivity index (χ1v) is 15.2. The first-order chi connectivity index (χ1) is 19.8. The first-order valence-electron chi connectivity index (χ1n) is 13.8. The Morgan fingerprint density at radius 3 is 2.10 bits per heavy atom. The van der Waals surface area contributed by atoms with Gasteiger partial charge in [-0.2, -0.15) is 0 Å². The molecule has 0 spiro atoms. The maximum Gasteiger partial charge on any atom is 0.264 e. The van der Waals surface area contributed by atoms with Crippen LogP contribution in [0.2, 0.25) is 0 Å². The van der Waals surface area contributed by atoms with Crippen LogP contribution < -0.4 is 19.1 Å². The van der Waals surface area contributed by atoms with Gasteiger partial charge in [0.05, 0.1) is 24.8 Å². The smallest absolute Gasteiger partial charge is 0.264 e. The Hall–Kier alpha value is -4.05. The molecule has 0 bridgehead atoms. The molecule has 0 heterocycles. The van der Waals surface area contributed by atoms with Crippen LogP contribution in [-0.4, -0.2) is 57.5 Å². The number of sulfonamides is 1. The zero-order valence-corrected chi connectivity index (χ0v) is 26.2. The molecule has 0 fully saturated rings. The molecular formula is C32H41N3O6S. The lowest BCUT2D eigenvalue weighted by Gasteiger charge is -2.35. The monoisotopic (exact) mass is 595 g/mol. The predicted octanol–water partition coefficient (Wildman–Crippen LogP) is 4.93. The number of rotatable bonds is 12. The number of amides is 2. The summed E-state index contributed by atoms with van der Waals surface area (Å²) in [7, 11) is -1.32. The molecule has 0 aliphatic heterocycles. The minimum absolute atomic E-state index is 0.0232. The lowest BCUT2D eigenvalue weighted by atomic mass is 10.0. The number of benzene rings is 3. The van der Waals surface area contributed by atoms with Crippen molar-refractivity contribution >= 4 is 27.5 Å². The van der Waals surface area contributed by atoms with Gasteiger partial charge in [0.1, 0.15) is 24.1 Å². The highest BCUT2D eigenvalue weighted by Crippen LogP contribution is 2.33. The number of aryl methyl sites for hydroxylation is 1. The number of carbonyl (C=O) groups excluding carboxylic acids is 2. The van der Waals surface area contributed by atoms with Gasteiger partial charge in [-0.1, -0.05) is 43.3 Å². The number of nitrogens with zero attached hydrogens (tertiary/aromatic N) is 2. The molecule has 0 radical (unpaired) electrons. The molecular weight excluding hydrogens is 554 g/mol. The van der Waals surface area contributed by atoms with Crippen molar-refractivity contribution in [3.63, 3.8) is 0 Å². The summed E-state index contributed by atoms with van der Waals surface area (Å²) in [6.07, 6.45) is 0.333. The van der Waals surface area contributed by atoms with E-state index in [9.17, 15) is 18.0 Å². The van der Waals surface area contributed by atoms with Crippen LogP contribution in [-0.2, 0) is 26.2 Å². The summed E-state index contributed by atoms with van der Waals surface area (Å²) in [5, 5.41) is 2.98.